The summed E-state index contributed by atoms with van der Waals surface area (Å²) in [6.45, 7) is 1.06. The minimum atomic E-state index is -0.349. The van der Waals surface area contributed by atoms with E-state index >= 15 is 0 Å². The first-order valence-corrected chi connectivity index (χ1v) is 6.68. The van der Waals surface area contributed by atoms with Gasteiger partial charge in [0, 0.05) is 13.7 Å². The first kappa shape index (κ1) is 13.6. The molecule has 2 rings (SSSR count). The van der Waals surface area contributed by atoms with E-state index in [0.29, 0.717) is 23.8 Å². The minimum Gasteiger partial charge on any atom is -0.461 e. The molecule has 8 heteroatoms. The maximum absolute atomic E-state index is 11.9. The van der Waals surface area contributed by atoms with Crippen molar-refractivity contribution in [3.63, 3.8) is 0 Å². The average molecular weight is 282 g/mol. The summed E-state index contributed by atoms with van der Waals surface area (Å²) in [6, 6.07) is 1.78. The zero-order valence-corrected chi connectivity index (χ0v) is 11.3. The Labute approximate surface area is 114 Å². The number of esters is 1. The van der Waals surface area contributed by atoms with Crippen LogP contribution in [0.2, 0.25) is 0 Å². The number of methoxy groups -OCH3 is 1. The second-order valence-corrected chi connectivity index (χ2v) is 4.64. The highest BCUT2D eigenvalue weighted by molar-refractivity contribution is 7.12. The Morgan fingerprint density at radius 2 is 2.26 bits per heavy atom. The van der Waals surface area contributed by atoms with Gasteiger partial charge in [-0.3, -0.25) is 0 Å². The quantitative estimate of drug-likeness (QED) is 0.562. The minimum absolute atomic E-state index is 0.349. The van der Waals surface area contributed by atoms with Gasteiger partial charge in [0.25, 0.3) is 0 Å². The number of carbonyl (C=O) groups is 1. The topological polar surface area (TPSA) is 79.1 Å². The molecule has 19 heavy (non-hydrogen) atoms. The summed E-state index contributed by atoms with van der Waals surface area (Å²) in [6.07, 6.45) is 3.09. The lowest BCUT2D eigenvalue weighted by Gasteiger charge is -2.04. The molecule has 0 aromatic carbocycles. The Bertz CT molecular complexity index is 512. The summed E-state index contributed by atoms with van der Waals surface area (Å²) in [7, 11) is 1.65. The van der Waals surface area contributed by atoms with Crippen molar-refractivity contribution in [3.8, 4) is 5.69 Å². The van der Waals surface area contributed by atoms with Crippen molar-refractivity contribution < 1.29 is 14.3 Å². The van der Waals surface area contributed by atoms with E-state index in [1.807, 2.05) is 0 Å². The number of rotatable bonds is 7. The second kappa shape index (κ2) is 6.95. The van der Waals surface area contributed by atoms with Gasteiger partial charge >= 0.3 is 5.97 Å². The van der Waals surface area contributed by atoms with Crippen LogP contribution >= 0.6 is 11.3 Å². The summed E-state index contributed by atoms with van der Waals surface area (Å²) in [5, 5.41) is 12.7. The number of hydrogen-bond acceptors (Lipinski definition) is 7. The monoisotopic (exact) mass is 282 g/mol. The van der Waals surface area contributed by atoms with Gasteiger partial charge in [-0.2, -0.15) is 4.68 Å². The van der Waals surface area contributed by atoms with Crippen molar-refractivity contribution in [2.75, 3.05) is 20.3 Å². The lowest BCUT2D eigenvalue weighted by atomic mass is 10.3. The molecule has 0 radical (unpaired) electrons. The summed E-state index contributed by atoms with van der Waals surface area (Å²) in [4.78, 5) is 12.4. The van der Waals surface area contributed by atoms with Crippen LogP contribution in [0.3, 0.4) is 0 Å². The van der Waals surface area contributed by atoms with Gasteiger partial charge < -0.3 is 9.47 Å². The predicted octanol–water partition coefficient (Wildman–Crippen LogP) is 1.31. The summed E-state index contributed by atoms with van der Waals surface area (Å²) >= 11 is 1.31. The number of nitrogens with zero attached hydrogens (tertiary/aromatic N) is 4. The molecule has 0 aliphatic heterocycles. The highest BCUT2D eigenvalue weighted by atomic mass is 32.1. The van der Waals surface area contributed by atoms with Crippen LogP contribution in [0.15, 0.2) is 17.8 Å². The van der Waals surface area contributed by atoms with Crippen LogP contribution in [0, 0.1) is 0 Å². The molecule has 0 spiro atoms. The Hall–Kier alpha value is -1.80. The molecule has 0 amide bonds. The van der Waals surface area contributed by atoms with Gasteiger partial charge in [0.15, 0.2) is 0 Å². The van der Waals surface area contributed by atoms with Crippen LogP contribution < -0.4 is 0 Å². The van der Waals surface area contributed by atoms with E-state index in [0.717, 1.165) is 12.8 Å². The summed E-state index contributed by atoms with van der Waals surface area (Å²) < 4.78 is 11.6. The maximum atomic E-state index is 11.9. The number of unbranched alkanes of at least 4 members (excludes halogenated alkanes) is 1. The zero-order chi connectivity index (χ0) is 13.5. The van der Waals surface area contributed by atoms with Crippen LogP contribution in [0.5, 0.6) is 0 Å². The third-order valence-corrected chi connectivity index (χ3v) is 3.29. The molecule has 2 heterocycles. The standard InChI is InChI=1S/C11H14N4O3S/c1-17-5-2-3-6-18-11(16)10-9(4-7-19-10)15-8-12-13-14-15/h4,7-8H,2-3,5-6H2,1H3. The van der Waals surface area contributed by atoms with Gasteiger partial charge in [-0.05, 0) is 34.7 Å². The number of thiophene rings is 1. The number of ether oxygens (including phenoxy) is 2. The van der Waals surface area contributed by atoms with E-state index in [2.05, 4.69) is 15.5 Å². The van der Waals surface area contributed by atoms with Crippen LogP contribution in [0.1, 0.15) is 22.5 Å². The first-order valence-electron chi connectivity index (χ1n) is 5.80. The Kier molecular flexibility index (Phi) is 4.99. The fourth-order valence-electron chi connectivity index (χ4n) is 1.49. The van der Waals surface area contributed by atoms with E-state index in [9.17, 15) is 4.79 Å². The number of tetrazole rings is 1. The van der Waals surface area contributed by atoms with Crippen molar-refractivity contribution in [2.45, 2.75) is 12.8 Å². The number of aromatic nitrogens is 4. The third-order valence-electron chi connectivity index (χ3n) is 2.40. The molecule has 0 saturated carbocycles. The first-order chi connectivity index (χ1) is 9.33. The Morgan fingerprint density at radius 3 is 3.00 bits per heavy atom. The van der Waals surface area contributed by atoms with Gasteiger partial charge in [0.2, 0.25) is 0 Å². The normalized spacial score (nSPS) is 10.6. The van der Waals surface area contributed by atoms with Crippen LogP contribution in [-0.2, 0) is 9.47 Å². The second-order valence-electron chi connectivity index (χ2n) is 3.73. The van der Waals surface area contributed by atoms with Crippen molar-refractivity contribution in [1.29, 1.82) is 0 Å². The molecule has 0 bridgehead atoms. The third kappa shape index (κ3) is 3.58. The summed E-state index contributed by atoms with van der Waals surface area (Å²) in [5.41, 5.74) is 0.636. The lowest BCUT2D eigenvalue weighted by Crippen LogP contribution is -2.09. The van der Waals surface area contributed by atoms with Crippen molar-refractivity contribution in [1.82, 2.24) is 20.2 Å². The number of carbonyl (C=O) groups excluding carboxylic acids is 1. The SMILES string of the molecule is COCCCCOC(=O)c1sccc1-n1cnnn1. The molecular formula is C11H14N4O3S. The molecule has 102 valence electrons. The fraction of sp³-hybridized carbons (Fsp3) is 0.455. The largest absolute Gasteiger partial charge is 0.461 e. The molecule has 0 aliphatic rings. The van der Waals surface area contributed by atoms with Crippen LogP contribution in [0.4, 0.5) is 0 Å². The van der Waals surface area contributed by atoms with Crippen LogP contribution in [-0.4, -0.2) is 46.5 Å². The molecule has 2 aromatic rings. The molecule has 2 aromatic heterocycles. The predicted molar refractivity (Wildman–Crippen MR) is 68.4 cm³/mol. The molecule has 0 fully saturated rings. The fourth-order valence-corrected chi connectivity index (χ4v) is 2.26. The Morgan fingerprint density at radius 1 is 1.42 bits per heavy atom. The van der Waals surface area contributed by atoms with Gasteiger partial charge in [-0.25, -0.2) is 4.79 Å². The van der Waals surface area contributed by atoms with E-state index in [1.54, 1.807) is 18.6 Å². The molecule has 0 unspecified atom stereocenters. The molecule has 7 nitrogen and oxygen atoms in total. The van der Waals surface area contributed by atoms with Gasteiger partial charge in [0.1, 0.15) is 11.2 Å². The highest BCUT2D eigenvalue weighted by Gasteiger charge is 2.16. The lowest BCUT2D eigenvalue weighted by molar-refractivity contribution is 0.0495. The molecular weight excluding hydrogens is 268 g/mol. The van der Waals surface area contributed by atoms with E-state index in [-0.39, 0.29) is 5.97 Å². The smallest absolute Gasteiger partial charge is 0.350 e. The average Bonchev–Trinajstić information content (AvgIpc) is 3.08. The van der Waals surface area contributed by atoms with Gasteiger partial charge in [-0.15, -0.1) is 16.4 Å². The number of hydrogen-bond donors (Lipinski definition) is 0. The highest BCUT2D eigenvalue weighted by Crippen LogP contribution is 2.21. The van der Waals surface area contributed by atoms with Crippen molar-refractivity contribution in [2.24, 2.45) is 0 Å². The Balaban J connectivity index is 1.91. The molecule has 0 saturated heterocycles. The van der Waals surface area contributed by atoms with E-state index in [4.69, 9.17) is 9.47 Å². The van der Waals surface area contributed by atoms with E-state index < -0.39 is 0 Å². The molecule has 0 N–H and O–H groups in total. The van der Waals surface area contributed by atoms with Crippen molar-refractivity contribution >= 4 is 17.3 Å². The van der Waals surface area contributed by atoms with Crippen molar-refractivity contribution in [3.05, 3.63) is 22.7 Å². The molecule has 0 aliphatic carbocycles. The van der Waals surface area contributed by atoms with Gasteiger partial charge in [-0.1, -0.05) is 0 Å². The maximum Gasteiger partial charge on any atom is 0.350 e. The molecule has 0 atom stereocenters. The zero-order valence-electron chi connectivity index (χ0n) is 10.5. The summed E-state index contributed by atoms with van der Waals surface area (Å²) in [5.74, 6) is -0.349. The van der Waals surface area contributed by atoms with E-state index in [1.165, 1.54) is 22.3 Å². The van der Waals surface area contributed by atoms with Crippen LogP contribution in [0.25, 0.3) is 5.69 Å². The van der Waals surface area contributed by atoms with Gasteiger partial charge in [0.05, 0.1) is 12.3 Å².